The average Bonchev–Trinajstić information content (AvgIpc) is 3.42. The molecule has 0 amide bonds. The lowest BCUT2D eigenvalue weighted by molar-refractivity contribution is 0.948. The number of benzene rings is 5. The van der Waals surface area contributed by atoms with Crippen LogP contribution >= 0.6 is 0 Å². The number of hydrogen-bond donors (Lipinski definition) is 0. The van der Waals surface area contributed by atoms with Crippen LogP contribution in [-0.2, 0) is 0 Å². The van der Waals surface area contributed by atoms with Gasteiger partial charge in [0.25, 0.3) is 0 Å². The minimum absolute atomic E-state index is 0.529. The maximum Gasteiger partial charge on any atom is 0.238 e. The summed E-state index contributed by atoms with van der Waals surface area (Å²) in [5.41, 5.74) is 8.33. The molecule has 5 aromatic carbocycles. The zero-order chi connectivity index (χ0) is 28.6. The first-order chi connectivity index (χ1) is 21.3. The van der Waals surface area contributed by atoms with Gasteiger partial charge in [0.2, 0.25) is 5.95 Å². The van der Waals surface area contributed by atoms with Gasteiger partial charge in [-0.3, -0.25) is 9.55 Å². The van der Waals surface area contributed by atoms with Gasteiger partial charge >= 0.3 is 0 Å². The number of nitrogens with zero attached hydrogens (tertiary/aromatic N) is 5. The molecule has 0 unspecified atom stereocenters. The Hall–Kier alpha value is -5.94. The summed E-state index contributed by atoms with van der Waals surface area (Å²) >= 11 is 0. The second-order valence-electron chi connectivity index (χ2n) is 10.4. The van der Waals surface area contributed by atoms with Crippen molar-refractivity contribution in [2.75, 3.05) is 0 Å². The van der Waals surface area contributed by atoms with Crippen molar-refractivity contribution < 1.29 is 0 Å². The number of pyridine rings is 1. The zero-order valence-electron chi connectivity index (χ0n) is 23.2. The van der Waals surface area contributed by atoms with E-state index >= 15 is 0 Å². The van der Waals surface area contributed by atoms with Crippen LogP contribution in [-0.4, -0.2) is 24.5 Å². The fourth-order valence-corrected chi connectivity index (χ4v) is 5.65. The predicted octanol–water partition coefficient (Wildman–Crippen LogP) is 9.03. The monoisotopic (exact) mass is 551 g/mol. The zero-order valence-corrected chi connectivity index (χ0v) is 23.2. The molecule has 8 aromatic rings. The third kappa shape index (κ3) is 4.53. The van der Waals surface area contributed by atoms with Crippen LogP contribution in [0, 0.1) is 0 Å². The van der Waals surface area contributed by atoms with Crippen molar-refractivity contribution in [2.24, 2.45) is 0 Å². The molecule has 3 heterocycles. The molecule has 0 bridgehead atoms. The smallest absolute Gasteiger partial charge is 0.238 e. The first-order valence-electron chi connectivity index (χ1n) is 14.2. The van der Waals surface area contributed by atoms with E-state index in [1.54, 1.807) is 6.20 Å². The highest BCUT2D eigenvalue weighted by atomic mass is 15.2. The van der Waals surface area contributed by atoms with E-state index in [4.69, 9.17) is 15.0 Å². The first-order valence-corrected chi connectivity index (χ1v) is 14.2. The molecular weight excluding hydrogens is 526 g/mol. The van der Waals surface area contributed by atoms with Gasteiger partial charge in [0.05, 0.1) is 11.0 Å². The highest BCUT2D eigenvalue weighted by Crippen LogP contribution is 2.37. The summed E-state index contributed by atoms with van der Waals surface area (Å²) in [5.74, 6) is 1.68. The molecule has 3 aromatic heterocycles. The Morgan fingerprint density at radius 3 is 1.44 bits per heavy atom. The topological polar surface area (TPSA) is 56.5 Å². The van der Waals surface area contributed by atoms with Crippen LogP contribution in [0.2, 0.25) is 0 Å². The molecule has 0 atom stereocenters. The van der Waals surface area contributed by atoms with Crippen LogP contribution in [0.25, 0.3) is 72.9 Å². The largest absolute Gasteiger partial charge is 0.278 e. The molecule has 202 valence electrons. The van der Waals surface area contributed by atoms with Gasteiger partial charge in [0.15, 0.2) is 11.6 Å². The molecule has 0 aliphatic heterocycles. The Bertz CT molecular complexity index is 2050. The minimum atomic E-state index is 0.529. The van der Waals surface area contributed by atoms with Gasteiger partial charge in [-0.05, 0) is 58.7 Å². The highest BCUT2D eigenvalue weighted by Gasteiger charge is 2.19. The van der Waals surface area contributed by atoms with Crippen LogP contribution in [0.5, 0.6) is 0 Å². The minimum Gasteiger partial charge on any atom is -0.278 e. The molecule has 0 radical (unpaired) electrons. The van der Waals surface area contributed by atoms with Gasteiger partial charge in [-0.25, -0.2) is 4.98 Å². The van der Waals surface area contributed by atoms with Gasteiger partial charge in [-0.1, -0.05) is 109 Å². The molecule has 5 heteroatoms. The van der Waals surface area contributed by atoms with Crippen LogP contribution in [0.1, 0.15) is 0 Å². The molecule has 0 N–H and O–H groups in total. The van der Waals surface area contributed by atoms with Gasteiger partial charge in [0.1, 0.15) is 5.69 Å². The molecule has 0 saturated carbocycles. The third-order valence-electron chi connectivity index (χ3n) is 7.73. The Balaban J connectivity index is 1.42. The van der Waals surface area contributed by atoms with E-state index in [2.05, 4.69) is 94.5 Å². The lowest BCUT2D eigenvalue weighted by Crippen LogP contribution is -2.06. The van der Waals surface area contributed by atoms with Gasteiger partial charge in [-0.15, -0.1) is 0 Å². The Kier molecular flexibility index (Phi) is 6.05. The molecular formula is C38H25N5. The molecule has 8 rings (SSSR count). The van der Waals surface area contributed by atoms with Gasteiger partial charge in [-0.2, -0.15) is 9.97 Å². The predicted molar refractivity (Wildman–Crippen MR) is 174 cm³/mol. The molecule has 0 fully saturated rings. The first kappa shape index (κ1) is 24.8. The molecule has 0 saturated heterocycles. The molecule has 0 aliphatic rings. The van der Waals surface area contributed by atoms with Crippen molar-refractivity contribution >= 4 is 21.8 Å². The summed E-state index contributed by atoms with van der Waals surface area (Å²) in [5, 5.41) is 2.27. The van der Waals surface area contributed by atoms with Crippen LogP contribution in [0.4, 0.5) is 0 Å². The molecule has 5 nitrogen and oxygen atoms in total. The Morgan fingerprint density at radius 1 is 0.395 bits per heavy atom. The van der Waals surface area contributed by atoms with Gasteiger partial charge in [0, 0.05) is 22.5 Å². The number of fused-ring (bicyclic) bond motifs is 3. The van der Waals surface area contributed by atoms with E-state index in [0.717, 1.165) is 38.5 Å². The van der Waals surface area contributed by atoms with Crippen molar-refractivity contribution in [1.29, 1.82) is 0 Å². The maximum absolute atomic E-state index is 5.05. The number of rotatable bonds is 5. The van der Waals surface area contributed by atoms with Crippen LogP contribution < -0.4 is 0 Å². The average molecular weight is 552 g/mol. The van der Waals surface area contributed by atoms with E-state index in [9.17, 15) is 0 Å². The summed E-state index contributed by atoms with van der Waals surface area (Å²) in [6, 6.07) is 50.0. The summed E-state index contributed by atoms with van der Waals surface area (Å²) in [7, 11) is 0. The van der Waals surface area contributed by atoms with E-state index < -0.39 is 0 Å². The summed E-state index contributed by atoms with van der Waals surface area (Å²) in [6.45, 7) is 0. The van der Waals surface area contributed by atoms with Crippen molar-refractivity contribution in [3.63, 3.8) is 0 Å². The van der Waals surface area contributed by atoms with E-state index in [0.29, 0.717) is 23.3 Å². The van der Waals surface area contributed by atoms with E-state index in [1.807, 2.05) is 60.7 Å². The quantitative estimate of drug-likeness (QED) is 0.214. The van der Waals surface area contributed by atoms with Crippen LogP contribution in [0.15, 0.2) is 152 Å². The highest BCUT2D eigenvalue weighted by molar-refractivity contribution is 6.11. The Morgan fingerprint density at radius 2 is 0.907 bits per heavy atom. The molecule has 43 heavy (non-hydrogen) atoms. The Labute approximate surface area is 248 Å². The fraction of sp³-hybridized carbons (Fsp3) is 0. The summed E-state index contributed by atoms with van der Waals surface area (Å²) < 4.78 is 2.15. The lowest BCUT2D eigenvalue weighted by Gasteiger charge is -2.11. The van der Waals surface area contributed by atoms with Crippen LogP contribution in [0.3, 0.4) is 0 Å². The van der Waals surface area contributed by atoms with E-state index in [1.165, 1.54) is 11.1 Å². The number of hydrogen-bond acceptors (Lipinski definition) is 4. The second-order valence-corrected chi connectivity index (χ2v) is 10.4. The van der Waals surface area contributed by atoms with Crippen molar-refractivity contribution in [3.8, 4) is 51.1 Å². The van der Waals surface area contributed by atoms with E-state index in [-0.39, 0.29) is 0 Å². The molecule has 0 spiro atoms. The standard InChI is InChI=1S/C38H25N5/c1-4-12-26(13-5-1)29-19-21-34-31(24-29)32-25-30(27-14-6-2-7-15-27)20-22-35(32)43(34)38-41-36(28-16-8-3-9-17-28)40-37(42-38)33-18-10-11-23-39-33/h1-25H. The van der Waals surface area contributed by atoms with Crippen molar-refractivity contribution in [3.05, 3.63) is 152 Å². The normalized spacial score (nSPS) is 11.3. The van der Waals surface area contributed by atoms with Crippen molar-refractivity contribution in [1.82, 2.24) is 24.5 Å². The number of aromatic nitrogens is 5. The SMILES string of the molecule is c1ccc(-c2ccc3c(c2)c2cc(-c4ccccc4)ccc2n3-c2nc(-c3ccccc3)nc(-c3ccccn3)n2)cc1. The van der Waals surface area contributed by atoms with Gasteiger partial charge < -0.3 is 0 Å². The van der Waals surface area contributed by atoms with Crippen molar-refractivity contribution in [2.45, 2.75) is 0 Å². The second kappa shape index (κ2) is 10.5. The molecule has 0 aliphatic carbocycles. The summed E-state index contributed by atoms with van der Waals surface area (Å²) in [6.07, 6.45) is 1.76. The fourth-order valence-electron chi connectivity index (χ4n) is 5.65. The lowest BCUT2D eigenvalue weighted by atomic mass is 10.0. The maximum atomic E-state index is 5.05. The summed E-state index contributed by atoms with van der Waals surface area (Å²) in [4.78, 5) is 19.5. The third-order valence-corrected chi connectivity index (χ3v) is 7.73.